The monoisotopic (exact) mass is 252 g/mol. The van der Waals surface area contributed by atoms with E-state index in [1.54, 1.807) is 12.4 Å². The van der Waals surface area contributed by atoms with Crippen molar-refractivity contribution < 1.29 is 4.74 Å². The Morgan fingerprint density at radius 1 is 1.32 bits per heavy atom. The molecule has 0 spiro atoms. The number of nitriles is 1. The Morgan fingerprint density at radius 2 is 2.21 bits per heavy atom. The molecule has 0 aliphatic rings. The van der Waals surface area contributed by atoms with Crippen molar-refractivity contribution >= 4 is 0 Å². The summed E-state index contributed by atoms with van der Waals surface area (Å²) < 4.78 is 5.60. The second-order valence-electron chi connectivity index (χ2n) is 4.39. The molecule has 0 saturated heterocycles. The van der Waals surface area contributed by atoms with Crippen molar-refractivity contribution in [2.75, 3.05) is 6.61 Å². The summed E-state index contributed by atoms with van der Waals surface area (Å²) in [6.07, 6.45) is 5.28. The Bertz CT molecular complexity index is 573. The fraction of sp³-hybridized carbons (Fsp3) is 0.250. The number of nitrogens with zero attached hydrogens (tertiary/aromatic N) is 2. The van der Waals surface area contributed by atoms with Crippen LogP contribution in [0.25, 0.3) is 0 Å². The molecule has 0 atom stereocenters. The number of rotatable bonds is 5. The molecule has 0 radical (unpaired) electrons. The van der Waals surface area contributed by atoms with E-state index in [9.17, 15) is 0 Å². The summed E-state index contributed by atoms with van der Waals surface area (Å²) in [7, 11) is 0. The number of pyridine rings is 1. The normalized spacial score (nSPS) is 9.89. The molecular formula is C16H16N2O. The van der Waals surface area contributed by atoms with Gasteiger partial charge >= 0.3 is 0 Å². The molecule has 0 unspecified atom stereocenters. The smallest absolute Gasteiger partial charge is 0.137 e. The maximum atomic E-state index is 8.89. The zero-order valence-electron chi connectivity index (χ0n) is 11.0. The van der Waals surface area contributed by atoms with Gasteiger partial charge in [-0.25, -0.2) is 0 Å². The molecule has 0 amide bonds. The van der Waals surface area contributed by atoms with Crippen molar-refractivity contribution in [2.45, 2.75) is 19.8 Å². The first kappa shape index (κ1) is 13.1. The molecule has 1 aromatic carbocycles. The Labute approximate surface area is 113 Å². The van der Waals surface area contributed by atoms with E-state index in [0.29, 0.717) is 12.2 Å². The highest BCUT2D eigenvalue weighted by Gasteiger charge is 2.01. The van der Waals surface area contributed by atoms with E-state index in [2.05, 4.69) is 18.0 Å². The average Bonchev–Trinajstić information content (AvgIpc) is 2.46. The molecule has 0 aliphatic heterocycles. The molecule has 0 aliphatic carbocycles. The minimum atomic E-state index is 0.655. The molecule has 3 nitrogen and oxygen atoms in total. The molecule has 1 aromatic heterocycles. The van der Waals surface area contributed by atoms with Crippen LogP contribution in [0.1, 0.15) is 23.1 Å². The summed E-state index contributed by atoms with van der Waals surface area (Å²) in [5.41, 5.74) is 3.16. The van der Waals surface area contributed by atoms with E-state index < -0.39 is 0 Å². The van der Waals surface area contributed by atoms with E-state index in [-0.39, 0.29) is 0 Å². The van der Waals surface area contributed by atoms with Crippen LogP contribution in [0.15, 0.2) is 42.7 Å². The van der Waals surface area contributed by atoms with Gasteiger partial charge in [-0.2, -0.15) is 5.26 Å². The first-order chi connectivity index (χ1) is 9.29. The highest BCUT2D eigenvalue weighted by Crippen LogP contribution is 2.13. The maximum Gasteiger partial charge on any atom is 0.137 e. The van der Waals surface area contributed by atoms with Crippen molar-refractivity contribution in [1.29, 1.82) is 5.26 Å². The van der Waals surface area contributed by atoms with Crippen LogP contribution in [-0.2, 0) is 6.42 Å². The second-order valence-corrected chi connectivity index (χ2v) is 4.39. The first-order valence-corrected chi connectivity index (χ1v) is 6.32. The highest BCUT2D eigenvalue weighted by atomic mass is 16.5. The molecule has 0 bridgehead atoms. The Kier molecular flexibility index (Phi) is 4.52. The fourth-order valence-electron chi connectivity index (χ4n) is 1.90. The lowest BCUT2D eigenvalue weighted by Crippen LogP contribution is -2.00. The predicted octanol–water partition coefficient (Wildman–Crippen LogP) is 3.27. The van der Waals surface area contributed by atoms with Gasteiger partial charge in [0.15, 0.2) is 0 Å². The lowest BCUT2D eigenvalue weighted by Gasteiger charge is -2.08. The van der Waals surface area contributed by atoms with E-state index in [4.69, 9.17) is 10.00 Å². The Morgan fingerprint density at radius 3 is 2.95 bits per heavy atom. The number of hydrogen-bond donors (Lipinski definition) is 0. The van der Waals surface area contributed by atoms with Gasteiger partial charge in [0.2, 0.25) is 0 Å². The van der Waals surface area contributed by atoms with Crippen LogP contribution in [-0.4, -0.2) is 11.6 Å². The minimum Gasteiger partial charge on any atom is -0.492 e. The Balaban J connectivity index is 1.85. The lowest BCUT2D eigenvalue weighted by atomic mass is 10.0. The summed E-state index contributed by atoms with van der Waals surface area (Å²) in [6.45, 7) is 2.72. The maximum absolute atomic E-state index is 8.89. The second kappa shape index (κ2) is 6.55. The third kappa shape index (κ3) is 3.82. The third-order valence-corrected chi connectivity index (χ3v) is 2.97. The summed E-state index contributed by atoms with van der Waals surface area (Å²) >= 11 is 0. The molecule has 3 heteroatoms. The van der Waals surface area contributed by atoms with Gasteiger partial charge in [-0.15, -0.1) is 0 Å². The van der Waals surface area contributed by atoms with Gasteiger partial charge in [-0.05, 0) is 55.2 Å². The highest BCUT2D eigenvalue weighted by molar-refractivity contribution is 5.37. The summed E-state index contributed by atoms with van der Waals surface area (Å²) in [4.78, 5) is 4.00. The van der Waals surface area contributed by atoms with Crippen LogP contribution < -0.4 is 4.74 Å². The molecule has 1 heterocycles. The quantitative estimate of drug-likeness (QED) is 0.767. The number of aromatic nitrogens is 1. The van der Waals surface area contributed by atoms with Crippen LogP contribution in [0.5, 0.6) is 5.75 Å². The van der Waals surface area contributed by atoms with Gasteiger partial charge in [0.05, 0.1) is 24.4 Å². The first-order valence-electron chi connectivity index (χ1n) is 6.32. The summed E-state index contributed by atoms with van der Waals surface area (Å²) in [5, 5.41) is 8.89. The van der Waals surface area contributed by atoms with Crippen molar-refractivity contribution in [2.24, 2.45) is 0 Å². The molecule has 0 N–H and O–H groups in total. The van der Waals surface area contributed by atoms with Gasteiger partial charge in [-0.3, -0.25) is 4.98 Å². The topological polar surface area (TPSA) is 45.9 Å². The molecule has 2 rings (SSSR count). The molecule has 0 fully saturated rings. The van der Waals surface area contributed by atoms with E-state index >= 15 is 0 Å². The van der Waals surface area contributed by atoms with E-state index in [0.717, 1.165) is 18.6 Å². The van der Waals surface area contributed by atoms with Crippen molar-refractivity contribution in [3.8, 4) is 11.8 Å². The van der Waals surface area contributed by atoms with Crippen LogP contribution in [0.4, 0.5) is 0 Å². The number of aryl methyl sites for hydroxylation is 2. The third-order valence-electron chi connectivity index (χ3n) is 2.97. The summed E-state index contributed by atoms with van der Waals surface area (Å²) in [5.74, 6) is 0.796. The van der Waals surface area contributed by atoms with E-state index in [1.165, 1.54) is 11.1 Å². The average molecular weight is 252 g/mol. The van der Waals surface area contributed by atoms with Gasteiger partial charge in [0.25, 0.3) is 0 Å². The van der Waals surface area contributed by atoms with Gasteiger partial charge in [0, 0.05) is 6.20 Å². The molecule has 96 valence electrons. The molecule has 2 aromatic rings. The standard InChI is InChI=1S/C16H16N2O/c1-13-6-7-14(11-17)10-15(13)4-3-9-19-16-5-2-8-18-12-16/h2,5-8,10,12H,3-4,9H2,1H3. The van der Waals surface area contributed by atoms with Gasteiger partial charge < -0.3 is 4.74 Å². The Hall–Kier alpha value is -2.34. The zero-order chi connectivity index (χ0) is 13.5. The SMILES string of the molecule is Cc1ccc(C#N)cc1CCCOc1cccnc1. The largest absolute Gasteiger partial charge is 0.492 e. The molecule has 19 heavy (non-hydrogen) atoms. The van der Waals surface area contributed by atoms with Crippen LogP contribution in [0.3, 0.4) is 0 Å². The number of ether oxygens (including phenoxy) is 1. The van der Waals surface area contributed by atoms with Crippen molar-refractivity contribution in [3.63, 3.8) is 0 Å². The zero-order valence-corrected chi connectivity index (χ0v) is 11.0. The minimum absolute atomic E-state index is 0.655. The lowest BCUT2D eigenvalue weighted by molar-refractivity contribution is 0.310. The summed E-state index contributed by atoms with van der Waals surface area (Å²) in [6, 6.07) is 11.7. The van der Waals surface area contributed by atoms with Crippen molar-refractivity contribution in [1.82, 2.24) is 4.98 Å². The van der Waals surface area contributed by atoms with Crippen LogP contribution in [0, 0.1) is 18.3 Å². The van der Waals surface area contributed by atoms with Crippen molar-refractivity contribution in [3.05, 3.63) is 59.4 Å². The fourth-order valence-corrected chi connectivity index (χ4v) is 1.90. The number of benzene rings is 1. The van der Waals surface area contributed by atoms with Gasteiger partial charge in [0.1, 0.15) is 5.75 Å². The van der Waals surface area contributed by atoms with Crippen LogP contribution in [0.2, 0.25) is 0 Å². The number of hydrogen-bond acceptors (Lipinski definition) is 3. The van der Waals surface area contributed by atoms with E-state index in [1.807, 2.05) is 30.3 Å². The van der Waals surface area contributed by atoms with Crippen LogP contribution >= 0.6 is 0 Å². The molecular weight excluding hydrogens is 236 g/mol. The predicted molar refractivity (Wildman–Crippen MR) is 73.9 cm³/mol. The molecule has 0 saturated carbocycles. The van der Waals surface area contributed by atoms with Gasteiger partial charge in [-0.1, -0.05) is 6.07 Å².